The fourth-order valence-corrected chi connectivity index (χ4v) is 3.14. The molecule has 7 heteroatoms. The lowest BCUT2D eigenvalue weighted by atomic mass is 10.1. The molecule has 0 fully saturated rings. The summed E-state index contributed by atoms with van der Waals surface area (Å²) >= 11 is 0. The fourth-order valence-electron chi connectivity index (χ4n) is 3.14. The molecule has 3 N–H and O–H groups in total. The van der Waals surface area contributed by atoms with Crippen LogP contribution < -0.4 is 10.6 Å². The number of carbonyl (C=O) groups excluding carboxylic acids is 2. The van der Waals surface area contributed by atoms with Crippen LogP contribution in [0.1, 0.15) is 44.2 Å². The second kappa shape index (κ2) is 9.28. The number of aliphatic hydroxyl groups is 1. The molecule has 0 aliphatic rings. The van der Waals surface area contributed by atoms with Gasteiger partial charge < -0.3 is 20.2 Å². The lowest BCUT2D eigenvalue weighted by Crippen LogP contribution is -2.15. The van der Waals surface area contributed by atoms with Crippen LogP contribution >= 0.6 is 0 Å². The third kappa shape index (κ3) is 4.74. The highest BCUT2D eigenvalue weighted by Crippen LogP contribution is 2.24. The number of aromatic nitrogens is 1. The van der Waals surface area contributed by atoms with Gasteiger partial charge in [0.25, 0.3) is 11.8 Å². The molecule has 4 rings (SSSR count). The van der Waals surface area contributed by atoms with Crippen molar-refractivity contribution in [2.24, 2.45) is 0 Å². The minimum absolute atomic E-state index is 0.0479. The SMILES string of the molecule is Cc1oc(C(O)c2ccccc2)nc1C(=O)Nc1ccc(C(=O)Nc2ccccc2)cc1. The van der Waals surface area contributed by atoms with E-state index in [1.807, 2.05) is 24.3 Å². The van der Waals surface area contributed by atoms with Crippen molar-refractivity contribution in [3.8, 4) is 0 Å². The van der Waals surface area contributed by atoms with Gasteiger partial charge in [-0.2, -0.15) is 0 Å². The van der Waals surface area contributed by atoms with Crippen molar-refractivity contribution < 1.29 is 19.1 Å². The molecule has 0 saturated heterocycles. The number of nitrogens with one attached hydrogen (secondary N) is 2. The molecule has 1 heterocycles. The van der Waals surface area contributed by atoms with E-state index in [4.69, 9.17) is 4.42 Å². The summed E-state index contributed by atoms with van der Waals surface area (Å²) in [5, 5.41) is 16.0. The summed E-state index contributed by atoms with van der Waals surface area (Å²) in [6, 6.07) is 24.6. The zero-order chi connectivity index (χ0) is 22.5. The quantitative estimate of drug-likeness (QED) is 0.418. The number of hydrogen-bond acceptors (Lipinski definition) is 5. The van der Waals surface area contributed by atoms with Crippen molar-refractivity contribution in [2.45, 2.75) is 13.0 Å². The van der Waals surface area contributed by atoms with Crippen molar-refractivity contribution in [1.29, 1.82) is 0 Å². The molecule has 0 bridgehead atoms. The van der Waals surface area contributed by atoms with Gasteiger partial charge in [0.1, 0.15) is 5.76 Å². The van der Waals surface area contributed by atoms with Gasteiger partial charge in [0.15, 0.2) is 11.8 Å². The second-order valence-corrected chi connectivity index (χ2v) is 7.12. The van der Waals surface area contributed by atoms with E-state index in [-0.39, 0.29) is 17.5 Å². The molecule has 0 radical (unpaired) electrons. The molecule has 160 valence electrons. The molecule has 7 nitrogen and oxygen atoms in total. The van der Waals surface area contributed by atoms with Crippen molar-refractivity contribution in [2.75, 3.05) is 10.6 Å². The van der Waals surface area contributed by atoms with Crippen LogP contribution in [-0.2, 0) is 0 Å². The van der Waals surface area contributed by atoms with Gasteiger partial charge in [-0.15, -0.1) is 0 Å². The van der Waals surface area contributed by atoms with Crippen LogP contribution in [0.25, 0.3) is 0 Å². The number of para-hydroxylation sites is 1. The number of anilines is 2. The number of aryl methyl sites for hydroxylation is 1. The van der Waals surface area contributed by atoms with E-state index in [2.05, 4.69) is 15.6 Å². The molecule has 4 aromatic rings. The zero-order valence-corrected chi connectivity index (χ0v) is 17.3. The van der Waals surface area contributed by atoms with Crippen LogP contribution in [0.3, 0.4) is 0 Å². The van der Waals surface area contributed by atoms with Crippen molar-refractivity contribution >= 4 is 23.2 Å². The van der Waals surface area contributed by atoms with Crippen molar-refractivity contribution in [3.63, 3.8) is 0 Å². The summed E-state index contributed by atoms with van der Waals surface area (Å²) in [6.45, 7) is 1.61. The monoisotopic (exact) mass is 427 g/mol. The Morgan fingerprint density at radius 2 is 1.38 bits per heavy atom. The fraction of sp³-hybridized carbons (Fsp3) is 0.0800. The van der Waals surface area contributed by atoms with Crippen LogP contribution in [0.4, 0.5) is 11.4 Å². The van der Waals surface area contributed by atoms with Crippen LogP contribution in [0, 0.1) is 6.92 Å². The number of rotatable bonds is 6. The Bertz CT molecular complexity index is 1220. The molecule has 0 saturated carbocycles. The first-order valence-corrected chi connectivity index (χ1v) is 9.99. The van der Waals surface area contributed by atoms with E-state index >= 15 is 0 Å². The summed E-state index contributed by atoms with van der Waals surface area (Å²) in [5.74, 6) is -0.377. The predicted octanol–water partition coefficient (Wildman–Crippen LogP) is 4.57. The number of nitrogens with zero attached hydrogens (tertiary/aromatic N) is 1. The largest absolute Gasteiger partial charge is 0.442 e. The van der Waals surface area contributed by atoms with Crippen LogP contribution in [0.15, 0.2) is 89.3 Å². The first kappa shape index (κ1) is 21.0. The number of amides is 2. The van der Waals surface area contributed by atoms with E-state index in [1.165, 1.54) is 0 Å². The molecule has 0 aliphatic heterocycles. The highest BCUT2D eigenvalue weighted by molar-refractivity contribution is 6.06. The van der Waals surface area contributed by atoms with Crippen LogP contribution in [0.2, 0.25) is 0 Å². The smallest absolute Gasteiger partial charge is 0.277 e. The number of carbonyl (C=O) groups is 2. The maximum absolute atomic E-state index is 12.7. The first-order valence-electron chi connectivity index (χ1n) is 9.99. The minimum Gasteiger partial charge on any atom is -0.442 e. The van der Waals surface area contributed by atoms with E-state index in [1.54, 1.807) is 67.6 Å². The molecule has 1 atom stereocenters. The standard InChI is InChI=1S/C25H21N3O4/c1-16-21(28-25(32-16)22(29)17-8-4-2-5-9-17)24(31)27-20-14-12-18(13-15-20)23(30)26-19-10-6-3-7-11-19/h2-15,22,29H,1H3,(H,26,30)(H,27,31). The van der Waals surface area contributed by atoms with Gasteiger partial charge in [-0.25, -0.2) is 4.98 Å². The molecule has 0 aliphatic carbocycles. The van der Waals surface area contributed by atoms with Crippen molar-refractivity contribution in [3.05, 3.63) is 113 Å². The van der Waals surface area contributed by atoms with Gasteiger partial charge in [0.2, 0.25) is 5.89 Å². The molecule has 1 aromatic heterocycles. The number of oxazole rings is 1. The highest BCUT2D eigenvalue weighted by Gasteiger charge is 2.22. The Morgan fingerprint density at radius 1 is 0.812 bits per heavy atom. The average Bonchev–Trinajstić information content (AvgIpc) is 3.22. The van der Waals surface area contributed by atoms with Gasteiger partial charge >= 0.3 is 0 Å². The van der Waals surface area contributed by atoms with E-state index in [0.29, 0.717) is 28.3 Å². The Hall–Kier alpha value is -4.23. The van der Waals surface area contributed by atoms with Crippen LogP contribution in [-0.4, -0.2) is 21.9 Å². The third-order valence-electron chi connectivity index (χ3n) is 4.81. The molecule has 0 spiro atoms. The van der Waals surface area contributed by atoms with Gasteiger partial charge in [-0.3, -0.25) is 9.59 Å². The molecular formula is C25H21N3O4. The summed E-state index contributed by atoms with van der Waals surface area (Å²) in [6.07, 6.45) is -1.07. The topological polar surface area (TPSA) is 104 Å². The van der Waals surface area contributed by atoms with Gasteiger partial charge in [-0.1, -0.05) is 48.5 Å². The van der Waals surface area contributed by atoms with E-state index in [0.717, 1.165) is 0 Å². The Labute approximate surface area is 184 Å². The average molecular weight is 427 g/mol. The first-order chi connectivity index (χ1) is 15.5. The zero-order valence-electron chi connectivity index (χ0n) is 17.3. The minimum atomic E-state index is -1.07. The Kier molecular flexibility index (Phi) is 6.10. The van der Waals surface area contributed by atoms with Gasteiger partial charge in [0.05, 0.1) is 0 Å². The summed E-state index contributed by atoms with van der Waals surface area (Å²) in [5.41, 5.74) is 2.35. The predicted molar refractivity (Wildman–Crippen MR) is 121 cm³/mol. The normalized spacial score (nSPS) is 11.6. The van der Waals surface area contributed by atoms with Gasteiger partial charge in [0, 0.05) is 16.9 Å². The Balaban J connectivity index is 1.43. The second-order valence-electron chi connectivity index (χ2n) is 7.12. The lowest BCUT2D eigenvalue weighted by Gasteiger charge is -2.07. The number of hydrogen-bond donors (Lipinski definition) is 3. The van der Waals surface area contributed by atoms with Crippen molar-refractivity contribution in [1.82, 2.24) is 4.98 Å². The summed E-state index contributed by atoms with van der Waals surface area (Å²) < 4.78 is 5.52. The summed E-state index contributed by atoms with van der Waals surface area (Å²) in [4.78, 5) is 29.2. The molecule has 32 heavy (non-hydrogen) atoms. The number of benzene rings is 3. The maximum Gasteiger partial charge on any atom is 0.277 e. The molecule has 3 aromatic carbocycles. The van der Waals surface area contributed by atoms with E-state index < -0.39 is 12.0 Å². The van der Waals surface area contributed by atoms with Gasteiger partial charge in [-0.05, 0) is 48.9 Å². The molecule has 2 amide bonds. The Morgan fingerprint density at radius 3 is 2.03 bits per heavy atom. The van der Waals surface area contributed by atoms with Crippen LogP contribution in [0.5, 0.6) is 0 Å². The highest BCUT2D eigenvalue weighted by atomic mass is 16.4. The molecular weight excluding hydrogens is 406 g/mol. The maximum atomic E-state index is 12.7. The lowest BCUT2D eigenvalue weighted by molar-refractivity contribution is 0.101. The number of aliphatic hydroxyl groups excluding tert-OH is 1. The molecule has 1 unspecified atom stereocenters. The third-order valence-corrected chi connectivity index (χ3v) is 4.81. The van der Waals surface area contributed by atoms with E-state index in [9.17, 15) is 14.7 Å². The summed E-state index contributed by atoms with van der Waals surface area (Å²) in [7, 11) is 0.